The Kier molecular flexibility index (Phi) is 8.60. The van der Waals surface area contributed by atoms with Gasteiger partial charge in [-0.05, 0) is 62.1 Å². The molecule has 0 N–H and O–H groups in total. The summed E-state index contributed by atoms with van der Waals surface area (Å²) in [5.74, 6) is 7.72. The predicted molar refractivity (Wildman–Crippen MR) is 103 cm³/mol. The summed E-state index contributed by atoms with van der Waals surface area (Å²) in [7, 11) is 0. The van der Waals surface area contributed by atoms with Gasteiger partial charge >= 0.3 is 0 Å². The van der Waals surface area contributed by atoms with Gasteiger partial charge in [0.2, 0.25) is 0 Å². The van der Waals surface area contributed by atoms with Gasteiger partial charge in [0.1, 0.15) is 11.6 Å². The Morgan fingerprint density at radius 1 is 1.16 bits per heavy atom. The first-order valence-corrected chi connectivity index (χ1v) is 9.83. The number of unbranched alkanes of at least 4 members (excludes halogenated alkanes) is 1. The van der Waals surface area contributed by atoms with E-state index in [2.05, 4.69) is 24.8 Å². The molecule has 1 aromatic rings. The van der Waals surface area contributed by atoms with E-state index in [9.17, 15) is 4.39 Å². The van der Waals surface area contributed by atoms with Crippen molar-refractivity contribution in [2.45, 2.75) is 65.2 Å². The summed E-state index contributed by atoms with van der Waals surface area (Å²) in [6.07, 6.45) is 14.3. The third-order valence-corrected chi connectivity index (χ3v) is 4.93. The van der Waals surface area contributed by atoms with E-state index in [1.165, 1.54) is 51.0 Å². The van der Waals surface area contributed by atoms with E-state index in [1.807, 2.05) is 13.0 Å². The lowest BCUT2D eigenvalue weighted by molar-refractivity contribution is 0.291. The SMILES string of the molecule is CCCCC1CCC(/C=C/C#Cc2ccc(OCCC)cc2F)CC1. The van der Waals surface area contributed by atoms with Crippen LogP contribution in [0, 0.1) is 29.5 Å². The lowest BCUT2D eigenvalue weighted by Gasteiger charge is -2.26. The zero-order valence-corrected chi connectivity index (χ0v) is 15.7. The summed E-state index contributed by atoms with van der Waals surface area (Å²) >= 11 is 0. The second-order valence-corrected chi connectivity index (χ2v) is 7.04. The molecule has 2 heteroatoms. The molecule has 1 saturated carbocycles. The molecular weight excluding hydrogens is 311 g/mol. The maximum absolute atomic E-state index is 14.0. The molecule has 0 unspecified atom stereocenters. The first-order valence-electron chi connectivity index (χ1n) is 9.83. The highest BCUT2D eigenvalue weighted by Crippen LogP contribution is 2.32. The van der Waals surface area contributed by atoms with Crippen LogP contribution in [-0.4, -0.2) is 6.61 Å². The minimum Gasteiger partial charge on any atom is -0.494 e. The third kappa shape index (κ3) is 6.94. The highest BCUT2D eigenvalue weighted by atomic mass is 19.1. The Morgan fingerprint density at radius 2 is 1.96 bits per heavy atom. The Labute approximate surface area is 152 Å². The van der Waals surface area contributed by atoms with E-state index >= 15 is 0 Å². The van der Waals surface area contributed by atoms with E-state index in [0.29, 0.717) is 23.8 Å². The van der Waals surface area contributed by atoms with Crippen LogP contribution in [0.5, 0.6) is 5.75 Å². The maximum atomic E-state index is 14.0. The number of hydrogen-bond donors (Lipinski definition) is 0. The number of ether oxygens (including phenoxy) is 1. The molecule has 2 rings (SSSR count). The zero-order chi connectivity index (χ0) is 17.9. The molecule has 1 aromatic carbocycles. The number of rotatable bonds is 7. The topological polar surface area (TPSA) is 9.23 Å². The molecule has 0 saturated heterocycles. The highest BCUT2D eigenvalue weighted by Gasteiger charge is 2.18. The fraction of sp³-hybridized carbons (Fsp3) is 0.565. The lowest BCUT2D eigenvalue weighted by atomic mass is 9.80. The van der Waals surface area contributed by atoms with Crippen molar-refractivity contribution in [1.29, 1.82) is 0 Å². The molecule has 0 spiro atoms. The third-order valence-electron chi connectivity index (χ3n) is 4.93. The lowest BCUT2D eigenvalue weighted by Crippen LogP contribution is -2.12. The molecule has 25 heavy (non-hydrogen) atoms. The van der Waals surface area contributed by atoms with Crippen LogP contribution in [0.25, 0.3) is 0 Å². The van der Waals surface area contributed by atoms with Gasteiger partial charge in [-0.1, -0.05) is 51.0 Å². The highest BCUT2D eigenvalue weighted by molar-refractivity contribution is 5.41. The van der Waals surface area contributed by atoms with Crippen LogP contribution >= 0.6 is 0 Å². The predicted octanol–water partition coefficient (Wildman–Crippen LogP) is 6.52. The van der Waals surface area contributed by atoms with Gasteiger partial charge in [-0.2, -0.15) is 0 Å². The molecule has 0 aromatic heterocycles. The van der Waals surface area contributed by atoms with Gasteiger partial charge in [0.25, 0.3) is 0 Å². The Morgan fingerprint density at radius 3 is 2.64 bits per heavy atom. The van der Waals surface area contributed by atoms with Crippen molar-refractivity contribution in [1.82, 2.24) is 0 Å². The van der Waals surface area contributed by atoms with E-state index < -0.39 is 0 Å². The quantitative estimate of drug-likeness (QED) is 0.513. The zero-order valence-electron chi connectivity index (χ0n) is 15.7. The van der Waals surface area contributed by atoms with Crippen molar-refractivity contribution in [2.24, 2.45) is 11.8 Å². The minimum absolute atomic E-state index is 0.314. The fourth-order valence-electron chi connectivity index (χ4n) is 3.37. The molecule has 1 aliphatic rings. The van der Waals surface area contributed by atoms with Crippen LogP contribution in [-0.2, 0) is 0 Å². The molecule has 1 fully saturated rings. The fourth-order valence-corrected chi connectivity index (χ4v) is 3.37. The summed E-state index contributed by atoms with van der Waals surface area (Å²) in [5, 5.41) is 0. The van der Waals surface area contributed by atoms with Crippen LogP contribution in [0.4, 0.5) is 4.39 Å². The van der Waals surface area contributed by atoms with Crippen LogP contribution in [0.2, 0.25) is 0 Å². The molecule has 136 valence electrons. The Hall–Kier alpha value is -1.75. The van der Waals surface area contributed by atoms with Crippen molar-refractivity contribution in [3.05, 3.63) is 41.7 Å². The summed E-state index contributed by atoms with van der Waals surface area (Å²) in [6.45, 7) is 4.90. The molecule has 1 nitrogen and oxygen atoms in total. The molecule has 0 aliphatic heterocycles. The molecule has 0 heterocycles. The van der Waals surface area contributed by atoms with Gasteiger partial charge < -0.3 is 4.74 Å². The maximum Gasteiger partial charge on any atom is 0.142 e. The molecule has 0 bridgehead atoms. The van der Waals surface area contributed by atoms with Crippen molar-refractivity contribution >= 4 is 0 Å². The standard InChI is InChI=1S/C23H31FO/c1-3-5-8-19-11-13-20(14-12-19)9-6-7-10-21-15-16-22(18-23(21)24)25-17-4-2/h6,9,15-16,18-20H,3-5,8,11-14,17H2,1-2H3/b9-6+. The van der Waals surface area contributed by atoms with Crippen LogP contribution < -0.4 is 4.74 Å². The second-order valence-electron chi connectivity index (χ2n) is 7.04. The largest absolute Gasteiger partial charge is 0.494 e. The van der Waals surface area contributed by atoms with E-state index in [1.54, 1.807) is 12.1 Å². The number of benzene rings is 1. The first-order chi connectivity index (χ1) is 12.2. The average Bonchev–Trinajstić information content (AvgIpc) is 2.64. The Bertz CT molecular complexity index is 600. The summed E-state index contributed by atoms with van der Waals surface area (Å²) < 4.78 is 19.4. The van der Waals surface area contributed by atoms with Gasteiger partial charge in [0.15, 0.2) is 0 Å². The van der Waals surface area contributed by atoms with Gasteiger partial charge in [-0.25, -0.2) is 4.39 Å². The second kappa shape index (κ2) is 11.0. The van der Waals surface area contributed by atoms with E-state index in [-0.39, 0.29) is 5.82 Å². The van der Waals surface area contributed by atoms with Gasteiger partial charge in [0, 0.05) is 6.07 Å². The van der Waals surface area contributed by atoms with Crippen molar-refractivity contribution < 1.29 is 9.13 Å². The minimum atomic E-state index is -0.314. The molecule has 1 aliphatic carbocycles. The van der Waals surface area contributed by atoms with Gasteiger partial charge in [-0.3, -0.25) is 0 Å². The van der Waals surface area contributed by atoms with Crippen LogP contribution in [0.3, 0.4) is 0 Å². The molecule has 0 radical (unpaired) electrons. The summed E-state index contributed by atoms with van der Waals surface area (Å²) in [4.78, 5) is 0. The summed E-state index contributed by atoms with van der Waals surface area (Å²) in [6, 6.07) is 4.89. The molecular formula is C23H31FO. The summed E-state index contributed by atoms with van der Waals surface area (Å²) in [5.41, 5.74) is 0.428. The van der Waals surface area contributed by atoms with Gasteiger partial charge in [-0.15, -0.1) is 0 Å². The van der Waals surface area contributed by atoms with E-state index in [4.69, 9.17) is 4.74 Å². The normalized spacial score (nSPS) is 20.3. The van der Waals surface area contributed by atoms with E-state index in [0.717, 1.165) is 12.3 Å². The van der Waals surface area contributed by atoms with Crippen molar-refractivity contribution in [2.75, 3.05) is 6.61 Å². The van der Waals surface area contributed by atoms with Crippen LogP contribution in [0.1, 0.15) is 70.8 Å². The average molecular weight is 342 g/mol. The molecule has 0 atom stereocenters. The van der Waals surface area contributed by atoms with Gasteiger partial charge in [0.05, 0.1) is 12.2 Å². The number of allylic oxidation sites excluding steroid dienone is 2. The number of hydrogen-bond acceptors (Lipinski definition) is 1. The monoisotopic (exact) mass is 342 g/mol. The van der Waals surface area contributed by atoms with Crippen molar-refractivity contribution in [3.8, 4) is 17.6 Å². The Balaban J connectivity index is 1.81. The van der Waals surface area contributed by atoms with Crippen molar-refractivity contribution in [3.63, 3.8) is 0 Å². The molecule has 0 amide bonds. The first kappa shape index (κ1) is 19.6. The van der Waals surface area contributed by atoms with Crippen LogP contribution in [0.15, 0.2) is 30.4 Å². The smallest absolute Gasteiger partial charge is 0.142 e. The number of halogens is 1.